The van der Waals surface area contributed by atoms with E-state index in [1.807, 2.05) is 30.5 Å². The Morgan fingerprint density at radius 2 is 1.89 bits per heavy atom. The van der Waals surface area contributed by atoms with Crippen LogP contribution in [-0.4, -0.2) is 46.8 Å². The summed E-state index contributed by atoms with van der Waals surface area (Å²) in [6, 6.07) is -0.571. The monoisotopic (exact) mass is 284 g/mol. The topological polar surface area (TPSA) is 49.4 Å². The summed E-state index contributed by atoms with van der Waals surface area (Å²) in [6.45, 7) is 4.69. The fraction of sp³-hybridized carbons (Fsp3) is 0.857. The number of hydrogen-bond donors (Lipinski definition) is 1. The first-order valence-corrected chi connectivity index (χ1v) is 8.51. The average Bonchev–Trinajstić information content (AvgIpc) is 2.44. The fourth-order valence-corrected chi connectivity index (χ4v) is 4.14. The fourth-order valence-electron chi connectivity index (χ4n) is 2.93. The molecule has 0 radical (unpaired) electrons. The van der Waals surface area contributed by atoms with Crippen LogP contribution in [-0.2, 0) is 9.59 Å². The number of rotatable bonds is 4. The number of piperazine rings is 1. The summed E-state index contributed by atoms with van der Waals surface area (Å²) in [6.07, 6.45) is 3.72. The van der Waals surface area contributed by atoms with Crippen molar-refractivity contribution in [2.24, 2.45) is 5.92 Å². The van der Waals surface area contributed by atoms with Gasteiger partial charge in [0.1, 0.15) is 12.1 Å². The van der Waals surface area contributed by atoms with E-state index in [0.29, 0.717) is 18.8 Å². The summed E-state index contributed by atoms with van der Waals surface area (Å²) in [5, 5.41) is 2.85. The van der Waals surface area contributed by atoms with E-state index in [9.17, 15) is 9.59 Å². The Morgan fingerprint density at radius 3 is 2.47 bits per heavy atom. The maximum Gasteiger partial charge on any atom is 0.245 e. The third kappa shape index (κ3) is 3.25. The highest BCUT2D eigenvalue weighted by Gasteiger charge is 2.39. The summed E-state index contributed by atoms with van der Waals surface area (Å²) in [5.74, 6) is 3.09. The molecular weight excluding hydrogens is 260 g/mol. The Kier molecular flexibility index (Phi) is 5.13. The molecule has 0 saturated carbocycles. The molecular formula is C14H24N2O2S. The zero-order valence-corrected chi connectivity index (χ0v) is 12.7. The van der Waals surface area contributed by atoms with Gasteiger partial charge >= 0.3 is 0 Å². The second-order valence-corrected chi connectivity index (χ2v) is 6.66. The van der Waals surface area contributed by atoms with Crippen molar-refractivity contribution in [2.45, 2.75) is 51.6 Å². The van der Waals surface area contributed by atoms with Crippen molar-refractivity contribution in [2.75, 3.05) is 18.1 Å². The van der Waals surface area contributed by atoms with Crippen LogP contribution in [0.3, 0.4) is 0 Å². The van der Waals surface area contributed by atoms with Gasteiger partial charge in [-0.3, -0.25) is 9.59 Å². The van der Waals surface area contributed by atoms with Crippen LogP contribution in [0.1, 0.15) is 39.5 Å². The molecule has 2 amide bonds. The molecule has 0 aromatic heterocycles. The largest absolute Gasteiger partial charge is 0.343 e. The standard InChI is InChI=1S/C14H24N2O2S/c1-3-11-14(18)16(12(4-2)13(17)15-11)9-10-5-7-19-8-6-10/h10-12H,3-9H2,1-2H3,(H,15,17). The van der Waals surface area contributed by atoms with Gasteiger partial charge in [-0.25, -0.2) is 0 Å². The number of carbonyl (C=O) groups excluding carboxylic acids is 2. The van der Waals surface area contributed by atoms with Gasteiger partial charge in [-0.15, -0.1) is 0 Å². The van der Waals surface area contributed by atoms with Gasteiger partial charge in [0.05, 0.1) is 0 Å². The molecule has 2 saturated heterocycles. The molecule has 2 heterocycles. The minimum absolute atomic E-state index is 0.0270. The zero-order chi connectivity index (χ0) is 13.8. The maximum atomic E-state index is 12.5. The summed E-state index contributed by atoms with van der Waals surface area (Å²) in [7, 11) is 0. The minimum Gasteiger partial charge on any atom is -0.343 e. The molecule has 0 bridgehead atoms. The molecule has 0 aromatic rings. The first kappa shape index (κ1) is 14.7. The number of nitrogens with zero attached hydrogens (tertiary/aromatic N) is 1. The molecule has 5 heteroatoms. The SMILES string of the molecule is CCC1NC(=O)C(CC)N(CC2CCSCC2)C1=O. The Hall–Kier alpha value is -0.710. The van der Waals surface area contributed by atoms with E-state index >= 15 is 0 Å². The van der Waals surface area contributed by atoms with Crippen molar-refractivity contribution in [1.29, 1.82) is 0 Å². The average molecular weight is 284 g/mol. The molecule has 0 aliphatic carbocycles. The molecule has 2 aliphatic rings. The minimum atomic E-state index is -0.312. The zero-order valence-electron chi connectivity index (χ0n) is 11.9. The Morgan fingerprint density at radius 1 is 1.21 bits per heavy atom. The lowest BCUT2D eigenvalue weighted by Crippen LogP contribution is -2.63. The molecule has 2 atom stereocenters. The highest BCUT2D eigenvalue weighted by molar-refractivity contribution is 7.99. The Labute approximate surface area is 119 Å². The predicted molar refractivity (Wildman–Crippen MR) is 78.1 cm³/mol. The molecule has 4 nitrogen and oxygen atoms in total. The maximum absolute atomic E-state index is 12.5. The van der Waals surface area contributed by atoms with E-state index in [-0.39, 0.29) is 23.9 Å². The smallest absolute Gasteiger partial charge is 0.245 e. The van der Waals surface area contributed by atoms with E-state index < -0.39 is 0 Å². The number of carbonyl (C=O) groups is 2. The van der Waals surface area contributed by atoms with Gasteiger partial charge < -0.3 is 10.2 Å². The quantitative estimate of drug-likeness (QED) is 0.854. The second kappa shape index (κ2) is 6.64. The van der Waals surface area contributed by atoms with Crippen molar-refractivity contribution >= 4 is 23.6 Å². The van der Waals surface area contributed by atoms with Crippen LogP contribution in [0.5, 0.6) is 0 Å². The second-order valence-electron chi connectivity index (χ2n) is 5.44. The van der Waals surface area contributed by atoms with E-state index in [2.05, 4.69) is 5.32 Å². The van der Waals surface area contributed by atoms with Gasteiger partial charge in [0.25, 0.3) is 0 Å². The van der Waals surface area contributed by atoms with Crippen molar-refractivity contribution in [3.8, 4) is 0 Å². The van der Waals surface area contributed by atoms with Crippen LogP contribution >= 0.6 is 11.8 Å². The van der Waals surface area contributed by atoms with Crippen molar-refractivity contribution < 1.29 is 9.59 Å². The van der Waals surface area contributed by atoms with E-state index in [4.69, 9.17) is 0 Å². The molecule has 2 aliphatic heterocycles. The third-order valence-corrected chi connectivity index (χ3v) is 5.22. The Balaban J connectivity index is 2.07. The molecule has 108 valence electrons. The Bertz CT molecular complexity index is 342. The molecule has 0 aromatic carbocycles. The van der Waals surface area contributed by atoms with Crippen LogP contribution in [0.2, 0.25) is 0 Å². The number of amides is 2. The lowest BCUT2D eigenvalue weighted by molar-refractivity contribution is -0.150. The number of nitrogens with one attached hydrogen (secondary N) is 1. The van der Waals surface area contributed by atoms with E-state index in [1.165, 1.54) is 24.3 Å². The van der Waals surface area contributed by atoms with Gasteiger partial charge in [0, 0.05) is 6.54 Å². The number of hydrogen-bond acceptors (Lipinski definition) is 3. The molecule has 19 heavy (non-hydrogen) atoms. The van der Waals surface area contributed by atoms with Crippen LogP contribution in [0.25, 0.3) is 0 Å². The molecule has 1 N–H and O–H groups in total. The van der Waals surface area contributed by atoms with Gasteiger partial charge in [0.15, 0.2) is 0 Å². The van der Waals surface area contributed by atoms with Gasteiger partial charge in [-0.1, -0.05) is 13.8 Å². The van der Waals surface area contributed by atoms with Crippen molar-refractivity contribution in [3.63, 3.8) is 0 Å². The highest BCUT2D eigenvalue weighted by Crippen LogP contribution is 2.26. The summed E-state index contributed by atoms with van der Waals surface area (Å²) >= 11 is 1.99. The molecule has 0 spiro atoms. The van der Waals surface area contributed by atoms with Gasteiger partial charge in [0.2, 0.25) is 11.8 Å². The van der Waals surface area contributed by atoms with Crippen LogP contribution in [0.4, 0.5) is 0 Å². The molecule has 2 fully saturated rings. The first-order chi connectivity index (χ1) is 9.17. The van der Waals surface area contributed by atoms with Crippen LogP contribution in [0.15, 0.2) is 0 Å². The third-order valence-electron chi connectivity index (χ3n) is 4.17. The normalized spacial score (nSPS) is 29.5. The van der Waals surface area contributed by atoms with Gasteiger partial charge in [-0.05, 0) is 43.1 Å². The van der Waals surface area contributed by atoms with E-state index in [0.717, 1.165) is 6.54 Å². The summed E-state index contributed by atoms with van der Waals surface area (Å²) in [4.78, 5) is 26.4. The highest BCUT2D eigenvalue weighted by atomic mass is 32.2. The summed E-state index contributed by atoms with van der Waals surface area (Å²) in [5.41, 5.74) is 0. The van der Waals surface area contributed by atoms with Crippen molar-refractivity contribution in [3.05, 3.63) is 0 Å². The number of thioether (sulfide) groups is 1. The molecule has 2 rings (SSSR count). The lowest BCUT2D eigenvalue weighted by atomic mass is 9.97. The van der Waals surface area contributed by atoms with Crippen molar-refractivity contribution in [1.82, 2.24) is 10.2 Å². The lowest BCUT2D eigenvalue weighted by Gasteiger charge is -2.40. The van der Waals surface area contributed by atoms with E-state index in [1.54, 1.807) is 0 Å². The summed E-state index contributed by atoms with van der Waals surface area (Å²) < 4.78 is 0. The van der Waals surface area contributed by atoms with Gasteiger partial charge in [-0.2, -0.15) is 11.8 Å². The molecule has 2 unspecified atom stereocenters. The van der Waals surface area contributed by atoms with Crippen LogP contribution < -0.4 is 5.32 Å². The van der Waals surface area contributed by atoms with Crippen LogP contribution in [0, 0.1) is 5.92 Å². The first-order valence-electron chi connectivity index (χ1n) is 7.36. The predicted octanol–water partition coefficient (Wildman–Crippen LogP) is 1.65.